The second-order valence-corrected chi connectivity index (χ2v) is 5.76. The quantitative estimate of drug-likeness (QED) is 0.689. The van der Waals surface area contributed by atoms with Crippen LogP contribution in [0, 0.1) is 11.3 Å². The minimum Gasteiger partial charge on any atom is -0.376 e. The number of amides is 1. The Balaban J connectivity index is 1.40. The highest BCUT2D eigenvalue weighted by atomic mass is 16.1. The molecule has 0 saturated carbocycles. The van der Waals surface area contributed by atoms with Crippen molar-refractivity contribution >= 4 is 11.6 Å². The molecular weight excluding hydrogens is 326 g/mol. The summed E-state index contributed by atoms with van der Waals surface area (Å²) in [6, 6.07) is 19.0. The van der Waals surface area contributed by atoms with E-state index < -0.39 is 0 Å². The minimum absolute atomic E-state index is 0.0671. The third-order valence-corrected chi connectivity index (χ3v) is 3.91. The molecular formula is C20H19N5O. The molecule has 0 aliphatic rings. The molecule has 0 aliphatic heterocycles. The molecule has 6 nitrogen and oxygen atoms in total. The van der Waals surface area contributed by atoms with E-state index in [1.54, 1.807) is 35.1 Å². The summed E-state index contributed by atoms with van der Waals surface area (Å²) in [5, 5.41) is 18.9. The van der Waals surface area contributed by atoms with Gasteiger partial charge in [0.2, 0.25) is 5.91 Å². The lowest BCUT2D eigenvalue weighted by Crippen LogP contribution is -2.31. The fourth-order valence-corrected chi connectivity index (χ4v) is 2.49. The Morgan fingerprint density at radius 3 is 2.54 bits per heavy atom. The van der Waals surface area contributed by atoms with Crippen molar-refractivity contribution in [3.8, 4) is 11.8 Å². The average molecular weight is 345 g/mol. The number of benzene rings is 2. The van der Waals surface area contributed by atoms with Gasteiger partial charge in [0.05, 0.1) is 23.9 Å². The van der Waals surface area contributed by atoms with Crippen molar-refractivity contribution in [3.63, 3.8) is 0 Å². The highest BCUT2D eigenvalue weighted by Gasteiger charge is 2.02. The SMILES string of the molecule is N#Cc1ccc(NCC(=O)NCCc2ccc(-n3cccn3)cc2)cc1. The van der Waals surface area contributed by atoms with E-state index in [0.29, 0.717) is 12.1 Å². The van der Waals surface area contributed by atoms with Crippen molar-refractivity contribution in [2.75, 3.05) is 18.4 Å². The molecule has 26 heavy (non-hydrogen) atoms. The highest BCUT2D eigenvalue weighted by Crippen LogP contribution is 2.09. The van der Waals surface area contributed by atoms with Crippen LogP contribution in [0.1, 0.15) is 11.1 Å². The lowest BCUT2D eigenvalue weighted by molar-refractivity contribution is -0.119. The number of aromatic nitrogens is 2. The molecule has 0 bridgehead atoms. The average Bonchev–Trinajstić information content (AvgIpc) is 3.22. The summed E-state index contributed by atoms with van der Waals surface area (Å²) in [7, 11) is 0. The number of nitriles is 1. The Bertz CT molecular complexity index is 877. The van der Waals surface area contributed by atoms with Crippen molar-refractivity contribution < 1.29 is 4.79 Å². The Morgan fingerprint density at radius 2 is 1.88 bits per heavy atom. The first-order chi connectivity index (χ1) is 12.7. The standard InChI is InChI=1S/C20H19N5O/c21-14-17-2-6-18(7-3-17)23-15-20(26)22-12-10-16-4-8-19(9-5-16)25-13-1-11-24-25/h1-9,11,13,23H,10,12,15H2,(H,22,26). The highest BCUT2D eigenvalue weighted by molar-refractivity contribution is 5.80. The number of carbonyl (C=O) groups excluding carboxylic acids is 1. The van der Waals surface area contributed by atoms with E-state index in [9.17, 15) is 4.79 Å². The zero-order valence-electron chi connectivity index (χ0n) is 14.2. The van der Waals surface area contributed by atoms with Crippen LogP contribution in [0.25, 0.3) is 5.69 Å². The fraction of sp³-hybridized carbons (Fsp3) is 0.150. The molecule has 0 saturated heterocycles. The lowest BCUT2D eigenvalue weighted by atomic mass is 10.1. The van der Waals surface area contributed by atoms with Crippen LogP contribution < -0.4 is 10.6 Å². The van der Waals surface area contributed by atoms with Crippen molar-refractivity contribution in [2.24, 2.45) is 0 Å². The maximum Gasteiger partial charge on any atom is 0.239 e. The summed E-state index contributed by atoms with van der Waals surface area (Å²) in [6.07, 6.45) is 4.41. The molecule has 1 heterocycles. The molecule has 1 aromatic heterocycles. The normalized spacial score (nSPS) is 10.1. The third-order valence-electron chi connectivity index (χ3n) is 3.91. The van der Waals surface area contributed by atoms with Crippen LogP contribution in [0.4, 0.5) is 5.69 Å². The predicted molar refractivity (Wildman–Crippen MR) is 99.9 cm³/mol. The summed E-state index contributed by atoms with van der Waals surface area (Å²) in [6.45, 7) is 0.777. The number of hydrogen-bond donors (Lipinski definition) is 2. The number of anilines is 1. The van der Waals surface area contributed by atoms with Gasteiger partial charge >= 0.3 is 0 Å². The van der Waals surface area contributed by atoms with Gasteiger partial charge in [-0.3, -0.25) is 4.79 Å². The molecule has 0 unspecified atom stereocenters. The predicted octanol–water partition coefficient (Wildman–Crippen LogP) is 2.51. The summed E-state index contributed by atoms with van der Waals surface area (Å²) in [4.78, 5) is 11.9. The number of carbonyl (C=O) groups is 1. The molecule has 130 valence electrons. The van der Waals surface area contributed by atoms with Gasteiger partial charge in [0.25, 0.3) is 0 Å². The van der Waals surface area contributed by atoms with Gasteiger partial charge in [-0.1, -0.05) is 12.1 Å². The van der Waals surface area contributed by atoms with Crippen LogP contribution in [0.2, 0.25) is 0 Å². The molecule has 0 atom stereocenters. The van der Waals surface area contributed by atoms with Gasteiger partial charge in [-0.05, 0) is 54.4 Å². The topological polar surface area (TPSA) is 82.7 Å². The summed E-state index contributed by atoms with van der Waals surface area (Å²) >= 11 is 0. The molecule has 0 radical (unpaired) electrons. The molecule has 0 spiro atoms. The van der Waals surface area contributed by atoms with E-state index in [2.05, 4.69) is 21.8 Å². The van der Waals surface area contributed by atoms with Crippen molar-refractivity contribution in [2.45, 2.75) is 6.42 Å². The van der Waals surface area contributed by atoms with Crippen LogP contribution in [0.15, 0.2) is 67.0 Å². The number of nitrogens with zero attached hydrogens (tertiary/aromatic N) is 3. The van der Waals surface area contributed by atoms with E-state index in [-0.39, 0.29) is 12.5 Å². The lowest BCUT2D eigenvalue weighted by Gasteiger charge is -2.08. The first-order valence-electron chi connectivity index (χ1n) is 8.34. The van der Waals surface area contributed by atoms with Crippen molar-refractivity contribution in [1.29, 1.82) is 5.26 Å². The maximum atomic E-state index is 11.9. The molecule has 0 fully saturated rings. The Labute approximate surface area is 152 Å². The van der Waals surface area contributed by atoms with Gasteiger partial charge in [0.15, 0.2) is 0 Å². The zero-order valence-corrected chi connectivity index (χ0v) is 14.2. The zero-order chi connectivity index (χ0) is 18.2. The molecule has 1 amide bonds. The Morgan fingerprint density at radius 1 is 1.12 bits per heavy atom. The molecule has 2 N–H and O–H groups in total. The fourth-order valence-electron chi connectivity index (χ4n) is 2.49. The first kappa shape index (κ1) is 17.2. The van der Waals surface area contributed by atoms with Crippen molar-refractivity contribution in [3.05, 3.63) is 78.1 Å². The van der Waals surface area contributed by atoms with Gasteiger partial charge in [-0.25, -0.2) is 4.68 Å². The second kappa shape index (κ2) is 8.49. The van der Waals surface area contributed by atoms with Crippen LogP contribution >= 0.6 is 0 Å². The first-order valence-corrected chi connectivity index (χ1v) is 8.34. The van der Waals surface area contributed by atoms with Gasteiger partial charge < -0.3 is 10.6 Å². The van der Waals surface area contributed by atoms with Gasteiger partial charge in [0, 0.05) is 24.6 Å². The number of rotatable bonds is 7. The largest absolute Gasteiger partial charge is 0.376 e. The van der Waals surface area contributed by atoms with Crippen LogP contribution in [-0.4, -0.2) is 28.8 Å². The second-order valence-electron chi connectivity index (χ2n) is 5.76. The van der Waals surface area contributed by atoms with E-state index in [0.717, 1.165) is 23.4 Å². The summed E-state index contributed by atoms with van der Waals surface area (Å²) < 4.78 is 1.81. The van der Waals surface area contributed by atoms with E-state index in [1.807, 2.05) is 36.5 Å². The molecule has 3 rings (SSSR count). The van der Waals surface area contributed by atoms with E-state index >= 15 is 0 Å². The number of nitrogens with one attached hydrogen (secondary N) is 2. The molecule has 0 aliphatic carbocycles. The van der Waals surface area contributed by atoms with E-state index in [1.165, 1.54) is 0 Å². The molecule has 6 heteroatoms. The Hall–Kier alpha value is -3.59. The van der Waals surface area contributed by atoms with Crippen molar-refractivity contribution in [1.82, 2.24) is 15.1 Å². The van der Waals surface area contributed by atoms with E-state index in [4.69, 9.17) is 5.26 Å². The summed E-state index contributed by atoms with van der Waals surface area (Å²) in [5.74, 6) is -0.0671. The maximum absolute atomic E-state index is 11.9. The molecule has 2 aromatic carbocycles. The van der Waals surface area contributed by atoms with Crippen LogP contribution in [0.3, 0.4) is 0 Å². The van der Waals surface area contributed by atoms with Crippen LogP contribution in [-0.2, 0) is 11.2 Å². The van der Waals surface area contributed by atoms with Gasteiger partial charge in [-0.2, -0.15) is 10.4 Å². The molecule has 3 aromatic rings. The summed E-state index contributed by atoms with van der Waals surface area (Å²) in [5.41, 5.74) is 3.57. The van der Waals surface area contributed by atoms with Gasteiger partial charge in [-0.15, -0.1) is 0 Å². The number of hydrogen-bond acceptors (Lipinski definition) is 4. The smallest absolute Gasteiger partial charge is 0.239 e. The Kier molecular flexibility index (Phi) is 5.63. The minimum atomic E-state index is -0.0671. The monoisotopic (exact) mass is 345 g/mol. The third kappa shape index (κ3) is 4.71. The van der Waals surface area contributed by atoms with Gasteiger partial charge in [0.1, 0.15) is 0 Å². The van der Waals surface area contributed by atoms with Crippen LogP contribution in [0.5, 0.6) is 0 Å².